The molecule has 3 N–H and O–H groups in total. The van der Waals surface area contributed by atoms with Gasteiger partial charge in [0.1, 0.15) is 5.75 Å². The number of anilines is 1. The third-order valence-electron chi connectivity index (χ3n) is 4.91. The maximum absolute atomic E-state index is 13.3. The predicted octanol–water partition coefficient (Wildman–Crippen LogP) is 3.21. The van der Waals surface area contributed by atoms with Crippen LogP contribution in [-0.2, 0) is 0 Å². The first-order valence-corrected chi connectivity index (χ1v) is 9.29. The maximum atomic E-state index is 13.3. The molecule has 0 saturated heterocycles. The van der Waals surface area contributed by atoms with E-state index in [-0.39, 0.29) is 11.3 Å². The van der Waals surface area contributed by atoms with Gasteiger partial charge in [-0.2, -0.15) is 0 Å². The van der Waals surface area contributed by atoms with Gasteiger partial charge in [0.2, 0.25) is 0 Å². The number of nitrogen functional groups attached to an aromatic ring is 1. The Morgan fingerprint density at radius 2 is 1.89 bits per heavy atom. The van der Waals surface area contributed by atoms with Crippen molar-refractivity contribution in [1.29, 1.82) is 0 Å². The SMILES string of the molecule is Cc1c(N)c2nc3ccccc3n2c(=O)c1=Cc1sc2ccccc2c1O. The average Bonchev–Trinajstić information content (AvgIpc) is 3.22. The molecule has 0 fully saturated rings. The summed E-state index contributed by atoms with van der Waals surface area (Å²) in [6.07, 6.45) is 1.72. The third-order valence-corrected chi connectivity index (χ3v) is 6.02. The van der Waals surface area contributed by atoms with Crippen molar-refractivity contribution in [3.05, 3.63) is 74.5 Å². The molecule has 6 heteroatoms. The van der Waals surface area contributed by atoms with Crippen molar-refractivity contribution in [3.8, 4) is 5.75 Å². The first-order chi connectivity index (χ1) is 13.1. The monoisotopic (exact) mass is 373 g/mol. The summed E-state index contributed by atoms with van der Waals surface area (Å²) in [4.78, 5) is 18.4. The highest BCUT2D eigenvalue weighted by molar-refractivity contribution is 7.20. The van der Waals surface area contributed by atoms with Gasteiger partial charge in [-0.25, -0.2) is 4.98 Å². The summed E-state index contributed by atoms with van der Waals surface area (Å²) in [5, 5.41) is 11.8. The molecule has 0 radical (unpaired) electrons. The Kier molecular flexibility index (Phi) is 3.26. The van der Waals surface area contributed by atoms with Crippen LogP contribution in [0.15, 0.2) is 53.3 Å². The first-order valence-electron chi connectivity index (χ1n) is 8.47. The van der Waals surface area contributed by atoms with Crippen molar-refractivity contribution >= 4 is 49.9 Å². The molecule has 0 aliphatic heterocycles. The second-order valence-corrected chi connectivity index (χ2v) is 7.56. The number of rotatable bonds is 1. The van der Waals surface area contributed by atoms with Crippen molar-refractivity contribution in [2.24, 2.45) is 0 Å². The molecule has 0 saturated carbocycles. The van der Waals surface area contributed by atoms with Crippen LogP contribution in [0.4, 0.5) is 5.69 Å². The molecule has 2 aromatic carbocycles. The number of pyridine rings is 1. The van der Waals surface area contributed by atoms with Crippen LogP contribution in [-0.4, -0.2) is 14.5 Å². The van der Waals surface area contributed by atoms with Gasteiger partial charge >= 0.3 is 0 Å². The number of nitrogens with two attached hydrogens (primary N) is 1. The highest BCUT2D eigenvalue weighted by Gasteiger charge is 2.15. The van der Waals surface area contributed by atoms with E-state index in [0.717, 1.165) is 21.1 Å². The Labute approximate surface area is 157 Å². The van der Waals surface area contributed by atoms with Crippen LogP contribution in [0, 0.1) is 6.92 Å². The number of hydrogen-bond donors (Lipinski definition) is 2. The molecule has 0 aliphatic carbocycles. The van der Waals surface area contributed by atoms with Gasteiger partial charge in [-0.3, -0.25) is 9.20 Å². The summed E-state index contributed by atoms with van der Waals surface area (Å²) in [6, 6.07) is 15.1. The summed E-state index contributed by atoms with van der Waals surface area (Å²) in [5.74, 6) is 0.184. The number of para-hydroxylation sites is 2. The van der Waals surface area contributed by atoms with Crippen molar-refractivity contribution in [2.45, 2.75) is 6.92 Å². The molecule has 3 aromatic heterocycles. The van der Waals surface area contributed by atoms with E-state index in [1.807, 2.05) is 55.5 Å². The molecule has 5 rings (SSSR count). The van der Waals surface area contributed by atoms with Crippen LogP contribution in [0.3, 0.4) is 0 Å². The van der Waals surface area contributed by atoms with Crippen LogP contribution in [0.2, 0.25) is 0 Å². The zero-order chi connectivity index (χ0) is 18.7. The van der Waals surface area contributed by atoms with E-state index < -0.39 is 0 Å². The van der Waals surface area contributed by atoms with Gasteiger partial charge in [0.05, 0.1) is 21.6 Å². The summed E-state index contributed by atoms with van der Waals surface area (Å²) < 4.78 is 2.52. The molecule has 0 bridgehead atoms. The van der Waals surface area contributed by atoms with E-state index in [4.69, 9.17) is 5.73 Å². The third kappa shape index (κ3) is 2.17. The standard InChI is InChI=1S/C21H15N3O2S/c1-11-13(10-17-19(25)12-6-2-5-9-16(12)27-17)21(26)24-15-8-4-3-7-14(15)23-20(24)18(11)22/h2-10,25H,22H2,1H3. The van der Waals surface area contributed by atoms with E-state index in [1.54, 1.807) is 10.5 Å². The maximum Gasteiger partial charge on any atom is 0.264 e. The Hall–Kier alpha value is -3.38. The normalized spacial score (nSPS) is 12.6. The Bertz CT molecular complexity index is 1480. The lowest BCUT2D eigenvalue weighted by molar-refractivity contribution is 0.482. The molecule has 0 aliphatic rings. The lowest BCUT2D eigenvalue weighted by Gasteiger charge is -2.04. The molecule has 0 unspecified atom stereocenters. The smallest absolute Gasteiger partial charge is 0.264 e. The van der Waals surface area contributed by atoms with Gasteiger partial charge in [0.15, 0.2) is 5.65 Å². The molecule has 5 nitrogen and oxygen atoms in total. The van der Waals surface area contributed by atoms with Crippen molar-refractivity contribution in [2.75, 3.05) is 5.73 Å². The first kappa shape index (κ1) is 15.8. The second-order valence-electron chi connectivity index (χ2n) is 6.47. The number of aromatic nitrogens is 2. The quantitative estimate of drug-likeness (QED) is 0.473. The van der Waals surface area contributed by atoms with Gasteiger partial charge in [-0.15, -0.1) is 11.3 Å². The number of benzene rings is 2. The highest BCUT2D eigenvalue weighted by atomic mass is 32.1. The number of nitrogens with zero attached hydrogens (tertiary/aromatic N) is 2. The summed E-state index contributed by atoms with van der Waals surface area (Å²) in [6.45, 7) is 1.81. The van der Waals surface area contributed by atoms with Crippen LogP contribution in [0.1, 0.15) is 10.4 Å². The largest absolute Gasteiger partial charge is 0.506 e. The van der Waals surface area contributed by atoms with Gasteiger partial charge in [0, 0.05) is 15.3 Å². The minimum atomic E-state index is -0.192. The van der Waals surface area contributed by atoms with Gasteiger partial charge in [-0.05, 0) is 42.8 Å². The highest BCUT2D eigenvalue weighted by Crippen LogP contribution is 2.37. The summed E-state index contributed by atoms with van der Waals surface area (Å²) >= 11 is 1.44. The fourth-order valence-corrected chi connectivity index (χ4v) is 4.50. The Morgan fingerprint density at radius 3 is 2.70 bits per heavy atom. The van der Waals surface area contributed by atoms with Crippen molar-refractivity contribution in [1.82, 2.24) is 9.38 Å². The second kappa shape index (κ2) is 5.56. The fraction of sp³-hybridized carbons (Fsp3) is 0.0476. The molecule has 0 spiro atoms. The van der Waals surface area contributed by atoms with Gasteiger partial charge in [0.25, 0.3) is 5.56 Å². The van der Waals surface area contributed by atoms with E-state index in [9.17, 15) is 9.90 Å². The van der Waals surface area contributed by atoms with E-state index >= 15 is 0 Å². The van der Waals surface area contributed by atoms with Crippen LogP contribution < -0.4 is 16.5 Å². The number of hydrogen-bond acceptors (Lipinski definition) is 5. The Morgan fingerprint density at radius 1 is 1.15 bits per heavy atom. The molecule has 0 atom stereocenters. The van der Waals surface area contributed by atoms with Crippen LogP contribution in [0.25, 0.3) is 32.8 Å². The Balaban J connectivity index is 1.93. The zero-order valence-electron chi connectivity index (χ0n) is 14.4. The molecule has 0 amide bonds. The van der Waals surface area contributed by atoms with E-state index in [1.165, 1.54) is 11.3 Å². The van der Waals surface area contributed by atoms with Gasteiger partial charge in [-0.1, -0.05) is 24.3 Å². The predicted molar refractivity (Wildman–Crippen MR) is 110 cm³/mol. The zero-order valence-corrected chi connectivity index (χ0v) is 15.2. The lowest BCUT2D eigenvalue weighted by Crippen LogP contribution is -2.34. The average molecular weight is 373 g/mol. The molecule has 27 heavy (non-hydrogen) atoms. The summed E-state index contributed by atoms with van der Waals surface area (Å²) in [7, 11) is 0. The minimum absolute atomic E-state index is 0.184. The van der Waals surface area contributed by atoms with Crippen LogP contribution >= 0.6 is 11.3 Å². The van der Waals surface area contributed by atoms with Gasteiger partial charge < -0.3 is 10.8 Å². The molecule has 5 aromatic rings. The fourth-order valence-electron chi connectivity index (χ4n) is 3.46. The molecular weight excluding hydrogens is 358 g/mol. The number of imidazole rings is 1. The van der Waals surface area contributed by atoms with E-state index in [0.29, 0.717) is 27.0 Å². The molecule has 132 valence electrons. The van der Waals surface area contributed by atoms with Crippen molar-refractivity contribution in [3.63, 3.8) is 0 Å². The number of thiophene rings is 1. The summed E-state index contributed by atoms with van der Waals surface area (Å²) in [5.41, 5.74) is 9.18. The minimum Gasteiger partial charge on any atom is -0.506 e. The lowest BCUT2D eigenvalue weighted by atomic mass is 10.1. The molecular formula is C21H15N3O2S. The van der Waals surface area contributed by atoms with Crippen molar-refractivity contribution < 1.29 is 5.11 Å². The number of fused-ring (bicyclic) bond motifs is 4. The number of aromatic hydroxyl groups is 1. The van der Waals surface area contributed by atoms with E-state index in [2.05, 4.69) is 4.98 Å². The van der Waals surface area contributed by atoms with Crippen LogP contribution in [0.5, 0.6) is 5.75 Å². The topological polar surface area (TPSA) is 80.6 Å². The molecule has 3 heterocycles.